The summed E-state index contributed by atoms with van der Waals surface area (Å²) in [6.45, 7) is 2.05. The normalized spacial score (nSPS) is 9.57. The standard InChI is InChI=1S/C10H9BrO3/c1-2-14-10(13)8-5-7(6-12)3-4-9(8)11/h3-6H,2H2,1H3. The molecule has 0 amide bonds. The van der Waals surface area contributed by atoms with E-state index in [-0.39, 0.29) is 0 Å². The maximum absolute atomic E-state index is 11.4. The van der Waals surface area contributed by atoms with Crippen LogP contribution in [-0.2, 0) is 4.74 Å². The Kier molecular flexibility index (Phi) is 3.83. The van der Waals surface area contributed by atoms with Gasteiger partial charge in [0, 0.05) is 10.0 Å². The smallest absolute Gasteiger partial charge is 0.339 e. The molecule has 3 nitrogen and oxygen atoms in total. The zero-order valence-corrected chi connectivity index (χ0v) is 9.21. The molecule has 0 heterocycles. The molecule has 0 aliphatic carbocycles. The van der Waals surface area contributed by atoms with E-state index in [1.807, 2.05) is 0 Å². The number of ether oxygens (including phenoxy) is 1. The molecule has 4 heteroatoms. The van der Waals surface area contributed by atoms with Crippen molar-refractivity contribution >= 4 is 28.2 Å². The lowest BCUT2D eigenvalue weighted by atomic mass is 10.1. The summed E-state index contributed by atoms with van der Waals surface area (Å²) in [6, 6.07) is 4.77. The van der Waals surface area contributed by atoms with Crippen molar-refractivity contribution in [2.24, 2.45) is 0 Å². The fraction of sp³-hybridized carbons (Fsp3) is 0.200. The van der Waals surface area contributed by atoms with Crippen molar-refractivity contribution in [2.45, 2.75) is 6.92 Å². The summed E-state index contributed by atoms with van der Waals surface area (Å²) in [6.07, 6.45) is 0.690. The fourth-order valence-electron chi connectivity index (χ4n) is 0.981. The Morgan fingerprint density at radius 2 is 2.29 bits per heavy atom. The second-order valence-electron chi connectivity index (χ2n) is 2.58. The largest absolute Gasteiger partial charge is 0.462 e. The van der Waals surface area contributed by atoms with Gasteiger partial charge in [0.05, 0.1) is 12.2 Å². The first-order valence-electron chi connectivity index (χ1n) is 4.11. The summed E-state index contributed by atoms with van der Waals surface area (Å²) in [5.41, 5.74) is 0.827. The minimum absolute atomic E-state index is 0.316. The monoisotopic (exact) mass is 256 g/mol. The summed E-state index contributed by atoms with van der Waals surface area (Å²) in [4.78, 5) is 21.8. The van der Waals surface area contributed by atoms with Crippen molar-refractivity contribution in [3.8, 4) is 0 Å². The van der Waals surface area contributed by atoms with Crippen LogP contribution in [0.2, 0.25) is 0 Å². The van der Waals surface area contributed by atoms with Crippen LogP contribution in [0, 0.1) is 0 Å². The molecule has 1 aromatic rings. The summed E-state index contributed by atoms with van der Waals surface area (Å²) >= 11 is 3.21. The molecule has 0 bridgehead atoms. The number of carbonyl (C=O) groups excluding carboxylic acids is 2. The molecular formula is C10H9BrO3. The summed E-state index contributed by atoms with van der Waals surface area (Å²) < 4.78 is 5.45. The molecule has 1 aromatic carbocycles. The molecule has 0 spiro atoms. The van der Waals surface area contributed by atoms with E-state index in [1.54, 1.807) is 19.1 Å². The third-order valence-electron chi connectivity index (χ3n) is 1.62. The highest BCUT2D eigenvalue weighted by molar-refractivity contribution is 9.10. The van der Waals surface area contributed by atoms with Gasteiger partial charge < -0.3 is 4.74 Å². The van der Waals surface area contributed by atoms with Crippen molar-refractivity contribution in [2.75, 3.05) is 6.61 Å². The third-order valence-corrected chi connectivity index (χ3v) is 2.31. The minimum Gasteiger partial charge on any atom is -0.462 e. The van der Waals surface area contributed by atoms with Crippen LogP contribution in [0.3, 0.4) is 0 Å². The highest BCUT2D eigenvalue weighted by Gasteiger charge is 2.11. The molecule has 74 valence electrons. The molecule has 0 aliphatic rings. The first-order valence-corrected chi connectivity index (χ1v) is 4.90. The summed E-state index contributed by atoms with van der Waals surface area (Å²) in [5, 5.41) is 0. The Bertz CT molecular complexity index is 360. The number of rotatable bonds is 3. The Balaban J connectivity index is 3.05. The SMILES string of the molecule is CCOC(=O)c1cc(C=O)ccc1Br. The van der Waals surface area contributed by atoms with Crippen molar-refractivity contribution in [1.82, 2.24) is 0 Å². The Hall–Kier alpha value is -1.16. The van der Waals surface area contributed by atoms with Crippen molar-refractivity contribution in [1.29, 1.82) is 0 Å². The minimum atomic E-state index is -0.428. The van der Waals surface area contributed by atoms with Crippen LogP contribution in [0.1, 0.15) is 27.6 Å². The zero-order chi connectivity index (χ0) is 10.6. The molecule has 0 aliphatic heterocycles. The molecule has 0 saturated carbocycles. The lowest BCUT2D eigenvalue weighted by Gasteiger charge is -2.04. The van der Waals surface area contributed by atoms with Gasteiger partial charge in [0.15, 0.2) is 0 Å². The predicted molar refractivity (Wildman–Crippen MR) is 55.5 cm³/mol. The number of halogens is 1. The maximum Gasteiger partial charge on any atom is 0.339 e. The van der Waals surface area contributed by atoms with Crippen LogP contribution in [0.5, 0.6) is 0 Å². The van der Waals surface area contributed by atoms with Gasteiger partial charge in [0.1, 0.15) is 6.29 Å². The molecular weight excluding hydrogens is 248 g/mol. The van der Waals surface area contributed by atoms with Gasteiger partial charge in [-0.3, -0.25) is 4.79 Å². The molecule has 0 fully saturated rings. The number of benzene rings is 1. The lowest BCUT2D eigenvalue weighted by molar-refractivity contribution is 0.0525. The van der Waals surface area contributed by atoms with E-state index in [0.29, 0.717) is 28.5 Å². The van der Waals surface area contributed by atoms with E-state index in [0.717, 1.165) is 0 Å². The maximum atomic E-state index is 11.4. The molecule has 1 rings (SSSR count). The first-order chi connectivity index (χ1) is 6.69. The van der Waals surface area contributed by atoms with Crippen LogP contribution in [-0.4, -0.2) is 18.9 Å². The number of esters is 1. The second-order valence-corrected chi connectivity index (χ2v) is 3.43. The van der Waals surface area contributed by atoms with Crippen LogP contribution in [0.15, 0.2) is 22.7 Å². The van der Waals surface area contributed by atoms with E-state index in [2.05, 4.69) is 15.9 Å². The number of hydrogen-bond donors (Lipinski definition) is 0. The Morgan fingerprint density at radius 3 is 2.86 bits per heavy atom. The summed E-state index contributed by atoms with van der Waals surface area (Å²) in [5.74, 6) is -0.428. The lowest BCUT2D eigenvalue weighted by Crippen LogP contribution is -2.06. The van der Waals surface area contributed by atoms with E-state index in [9.17, 15) is 9.59 Å². The molecule has 0 N–H and O–H groups in total. The average molecular weight is 257 g/mol. The van der Waals surface area contributed by atoms with Crippen LogP contribution >= 0.6 is 15.9 Å². The Morgan fingerprint density at radius 1 is 1.57 bits per heavy atom. The van der Waals surface area contributed by atoms with Crippen molar-refractivity contribution in [3.05, 3.63) is 33.8 Å². The molecule has 0 radical (unpaired) electrons. The molecule has 0 atom stereocenters. The van der Waals surface area contributed by atoms with Crippen molar-refractivity contribution in [3.63, 3.8) is 0 Å². The van der Waals surface area contributed by atoms with Crippen LogP contribution < -0.4 is 0 Å². The Labute approximate surface area is 90.2 Å². The first kappa shape index (κ1) is 10.9. The topological polar surface area (TPSA) is 43.4 Å². The van der Waals surface area contributed by atoms with E-state index in [1.165, 1.54) is 6.07 Å². The number of hydrogen-bond acceptors (Lipinski definition) is 3. The van der Waals surface area contributed by atoms with Crippen LogP contribution in [0.4, 0.5) is 0 Å². The van der Waals surface area contributed by atoms with E-state index in [4.69, 9.17) is 4.74 Å². The molecule has 0 unspecified atom stereocenters. The fourth-order valence-corrected chi connectivity index (χ4v) is 1.39. The number of carbonyl (C=O) groups is 2. The van der Waals surface area contributed by atoms with Gasteiger partial charge in [-0.25, -0.2) is 4.79 Å². The van der Waals surface area contributed by atoms with Gasteiger partial charge >= 0.3 is 5.97 Å². The van der Waals surface area contributed by atoms with Gasteiger partial charge in [-0.1, -0.05) is 6.07 Å². The van der Waals surface area contributed by atoms with Gasteiger partial charge in [0.2, 0.25) is 0 Å². The average Bonchev–Trinajstić information content (AvgIpc) is 2.19. The van der Waals surface area contributed by atoms with Gasteiger partial charge in [0.25, 0.3) is 0 Å². The predicted octanol–water partition coefficient (Wildman–Crippen LogP) is 2.44. The summed E-state index contributed by atoms with van der Waals surface area (Å²) in [7, 11) is 0. The molecule has 14 heavy (non-hydrogen) atoms. The highest BCUT2D eigenvalue weighted by Crippen LogP contribution is 2.18. The molecule has 0 aromatic heterocycles. The van der Waals surface area contributed by atoms with Crippen molar-refractivity contribution < 1.29 is 14.3 Å². The van der Waals surface area contributed by atoms with Gasteiger partial charge in [-0.2, -0.15) is 0 Å². The van der Waals surface area contributed by atoms with E-state index < -0.39 is 5.97 Å². The number of aldehydes is 1. The van der Waals surface area contributed by atoms with Crippen LogP contribution in [0.25, 0.3) is 0 Å². The van der Waals surface area contributed by atoms with E-state index >= 15 is 0 Å². The van der Waals surface area contributed by atoms with Gasteiger partial charge in [-0.05, 0) is 35.0 Å². The molecule has 0 saturated heterocycles. The third kappa shape index (κ3) is 2.42. The second kappa shape index (κ2) is 4.91. The zero-order valence-electron chi connectivity index (χ0n) is 7.62. The van der Waals surface area contributed by atoms with Gasteiger partial charge in [-0.15, -0.1) is 0 Å². The quantitative estimate of drug-likeness (QED) is 0.617. The highest BCUT2D eigenvalue weighted by atomic mass is 79.9.